The Labute approximate surface area is 106 Å². The molecule has 0 fully saturated rings. The zero-order valence-corrected chi connectivity index (χ0v) is 10.4. The van der Waals surface area contributed by atoms with E-state index in [1.807, 2.05) is 12.1 Å². The molecule has 0 aliphatic rings. The van der Waals surface area contributed by atoms with Gasteiger partial charge in [-0.2, -0.15) is 0 Å². The predicted molar refractivity (Wildman–Crippen MR) is 66.3 cm³/mol. The summed E-state index contributed by atoms with van der Waals surface area (Å²) in [5.74, 6) is 0.412. The number of hydrogen-bond donors (Lipinski definition) is 2. The number of benzene rings is 1. The fraction of sp³-hybridized carbons (Fsp3) is 0.417. The minimum Gasteiger partial charge on any atom is -0.491 e. The summed E-state index contributed by atoms with van der Waals surface area (Å²) in [4.78, 5) is 11.3. The van der Waals surface area contributed by atoms with Crippen molar-refractivity contribution >= 4 is 17.5 Å². The Morgan fingerprint density at radius 1 is 1.53 bits per heavy atom. The third-order valence-electron chi connectivity index (χ3n) is 2.02. The second-order valence-electron chi connectivity index (χ2n) is 3.68. The van der Waals surface area contributed by atoms with Crippen LogP contribution >= 0.6 is 11.6 Å². The molecule has 0 radical (unpaired) electrons. The molecule has 1 aromatic carbocycles. The van der Waals surface area contributed by atoms with Gasteiger partial charge in [-0.3, -0.25) is 4.79 Å². The van der Waals surface area contributed by atoms with E-state index in [1.165, 1.54) is 0 Å². The van der Waals surface area contributed by atoms with E-state index in [-0.39, 0.29) is 25.5 Å². The van der Waals surface area contributed by atoms with Gasteiger partial charge in [0.15, 0.2) is 0 Å². The molecular formula is C12H16ClNO3. The van der Waals surface area contributed by atoms with Crippen LogP contribution in [0.4, 0.5) is 0 Å². The van der Waals surface area contributed by atoms with Crippen molar-refractivity contribution in [3.63, 3.8) is 0 Å². The molecule has 17 heavy (non-hydrogen) atoms. The molecule has 0 saturated carbocycles. The van der Waals surface area contributed by atoms with Crippen LogP contribution in [0.25, 0.3) is 0 Å². The van der Waals surface area contributed by atoms with Crippen LogP contribution in [0.5, 0.6) is 5.75 Å². The SMILES string of the molecule is C[C@H](O)CNC(=O)CCOc1ccccc1Cl. The lowest BCUT2D eigenvalue weighted by Crippen LogP contribution is -2.31. The van der Waals surface area contributed by atoms with E-state index in [0.717, 1.165) is 0 Å². The van der Waals surface area contributed by atoms with E-state index in [9.17, 15) is 4.79 Å². The van der Waals surface area contributed by atoms with E-state index in [2.05, 4.69) is 5.32 Å². The highest BCUT2D eigenvalue weighted by Crippen LogP contribution is 2.22. The van der Waals surface area contributed by atoms with Crippen molar-refractivity contribution < 1.29 is 14.6 Å². The Morgan fingerprint density at radius 2 is 2.24 bits per heavy atom. The summed E-state index contributed by atoms with van der Waals surface area (Å²) in [6, 6.07) is 7.10. The zero-order chi connectivity index (χ0) is 12.7. The lowest BCUT2D eigenvalue weighted by atomic mass is 10.3. The summed E-state index contributed by atoms with van der Waals surface area (Å²) in [6.07, 6.45) is -0.304. The average molecular weight is 258 g/mol. The highest BCUT2D eigenvalue weighted by Gasteiger charge is 2.04. The molecule has 0 saturated heterocycles. The van der Waals surface area contributed by atoms with Crippen LogP contribution in [0.15, 0.2) is 24.3 Å². The molecule has 0 aromatic heterocycles. The zero-order valence-electron chi connectivity index (χ0n) is 9.65. The summed E-state index contributed by atoms with van der Waals surface area (Å²) < 4.78 is 5.36. The number of carbonyl (C=O) groups is 1. The van der Waals surface area contributed by atoms with E-state index < -0.39 is 6.10 Å². The van der Waals surface area contributed by atoms with Crippen molar-refractivity contribution in [1.29, 1.82) is 0 Å². The maximum Gasteiger partial charge on any atom is 0.223 e. The number of hydrogen-bond acceptors (Lipinski definition) is 3. The van der Waals surface area contributed by atoms with Gasteiger partial charge in [0.25, 0.3) is 0 Å². The Bertz CT molecular complexity index is 369. The molecule has 0 spiro atoms. The van der Waals surface area contributed by atoms with Gasteiger partial charge in [0.05, 0.1) is 24.2 Å². The molecular weight excluding hydrogens is 242 g/mol. The summed E-state index contributed by atoms with van der Waals surface area (Å²) in [7, 11) is 0. The highest BCUT2D eigenvalue weighted by atomic mass is 35.5. The third kappa shape index (κ3) is 5.56. The van der Waals surface area contributed by atoms with Gasteiger partial charge in [0, 0.05) is 6.54 Å². The summed E-state index contributed by atoms with van der Waals surface area (Å²) in [5.41, 5.74) is 0. The second kappa shape index (κ2) is 7.14. The molecule has 0 aliphatic heterocycles. The van der Waals surface area contributed by atoms with Gasteiger partial charge < -0.3 is 15.2 Å². The van der Waals surface area contributed by atoms with Crippen LogP contribution in [0.2, 0.25) is 5.02 Å². The first-order chi connectivity index (χ1) is 8.09. The van der Waals surface area contributed by atoms with E-state index in [4.69, 9.17) is 21.4 Å². The van der Waals surface area contributed by atoms with Crippen molar-refractivity contribution in [2.75, 3.05) is 13.2 Å². The number of aliphatic hydroxyl groups excluding tert-OH is 1. The summed E-state index contributed by atoms with van der Waals surface area (Å²) >= 11 is 5.88. The highest BCUT2D eigenvalue weighted by molar-refractivity contribution is 6.32. The summed E-state index contributed by atoms with van der Waals surface area (Å²) in [6.45, 7) is 2.13. The molecule has 0 bridgehead atoms. The molecule has 1 atom stereocenters. The first kappa shape index (κ1) is 13.8. The van der Waals surface area contributed by atoms with Gasteiger partial charge in [-0.15, -0.1) is 0 Å². The van der Waals surface area contributed by atoms with Gasteiger partial charge in [0.2, 0.25) is 5.91 Å². The van der Waals surface area contributed by atoms with Gasteiger partial charge in [-0.25, -0.2) is 0 Å². The Balaban J connectivity index is 2.24. The van der Waals surface area contributed by atoms with E-state index >= 15 is 0 Å². The van der Waals surface area contributed by atoms with E-state index in [0.29, 0.717) is 10.8 Å². The topological polar surface area (TPSA) is 58.6 Å². The molecule has 0 heterocycles. The standard InChI is InChI=1S/C12H16ClNO3/c1-9(15)8-14-12(16)6-7-17-11-5-3-2-4-10(11)13/h2-5,9,15H,6-8H2,1H3,(H,14,16)/t9-/m0/s1. The molecule has 1 amide bonds. The maximum absolute atomic E-state index is 11.3. The van der Waals surface area contributed by atoms with Crippen LogP contribution < -0.4 is 10.1 Å². The van der Waals surface area contributed by atoms with Crippen LogP contribution in [0, 0.1) is 0 Å². The number of halogens is 1. The molecule has 0 unspecified atom stereocenters. The Kier molecular flexibility index (Phi) is 5.80. The fourth-order valence-electron chi connectivity index (χ4n) is 1.17. The minimum absolute atomic E-state index is 0.155. The van der Waals surface area contributed by atoms with Crippen LogP contribution in [-0.2, 0) is 4.79 Å². The van der Waals surface area contributed by atoms with Crippen LogP contribution in [0.1, 0.15) is 13.3 Å². The van der Waals surface area contributed by atoms with Gasteiger partial charge >= 0.3 is 0 Å². The quantitative estimate of drug-likeness (QED) is 0.814. The van der Waals surface area contributed by atoms with Gasteiger partial charge in [-0.05, 0) is 19.1 Å². The molecule has 94 valence electrons. The van der Waals surface area contributed by atoms with E-state index in [1.54, 1.807) is 19.1 Å². The minimum atomic E-state index is -0.538. The number of aliphatic hydroxyl groups is 1. The molecule has 1 aromatic rings. The Morgan fingerprint density at radius 3 is 2.88 bits per heavy atom. The monoisotopic (exact) mass is 257 g/mol. The average Bonchev–Trinajstić information content (AvgIpc) is 2.29. The number of para-hydroxylation sites is 1. The predicted octanol–water partition coefficient (Wildman–Crippen LogP) is 1.61. The second-order valence-corrected chi connectivity index (χ2v) is 4.09. The fourth-order valence-corrected chi connectivity index (χ4v) is 1.36. The van der Waals surface area contributed by atoms with Gasteiger partial charge in [0.1, 0.15) is 5.75 Å². The van der Waals surface area contributed by atoms with Crippen molar-refractivity contribution in [3.8, 4) is 5.75 Å². The Hall–Kier alpha value is -1.26. The number of amides is 1. The van der Waals surface area contributed by atoms with Crippen molar-refractivity contribution in [3.05, 3.63) is 29.3 Å². The molecule has 4 nitrogen and oxygen atoms in total. The maximum atomic E-state index is 11.3. The molecule has 0 aliphatic carbocycles. The third-order valence-corrected chi connectivity index (χ3v) is 2.33. The first-order valence-corrected chi connectivity index (χ1v) is 5.79. The number of ether oxygens (including phenoxy) is 1. The first-order valence-electron chi connectivity index (χ1n) is 5.41. The lowest BCUT2D eigenvalue weighted by molar-refractivity contribution is -0.122. The number of rotatable bonds is 6. The van der Waals surface area contributed by atoms with Crippen molar-refractivity contribution in [2.45, 2.75) is 19.4 Å². The molecule has 1 rings (SSSR count). The normalized spacial score (nSPS) is 11.9. The van der Waals surface area contributed by atoms with Crippen LogP contribution in [-0.4, -0.2) is 30.3 Å². The number of carbonyl (C=O) groups excluding carboxylic acids is 1. The molecule has 2 N–H and O–H groups in total. The number of nitrogens with one attached hydrogen (secondary N) is 1. The van der Waals surface area contributed by atoms with Crippen LogP contribution in [0.3, 0.4) is 0 Å². The van der Waals surface area contributed by atoms with Gasteiger partial charge in [-0.1, -0.05) is 23.7 Å². The lowest BCUT2D eigenvalue weighted by Gasteiger charge is -2.09. The molecule has 5 heteroatoms. The summed E-state index contributed by atoms with van der Waals surface area (Å²) in [5, 5.41) is 12.1. The van der Waals surface area contributed by atoms with Crippen molar-refractivity contribution in [2.24, 2.45) is 0 Å². The largest absolute Gasteiger partial charge is 0.491 e. The van der Waals surface area contributed by atoms with Crippen molar-refractivity contribution in [1.82, 2.24) is 5.32 Å². The smallest absolute Gasteiger partial charge is 0.223 e.